The minimum Gasteiger partial charge on any atom is -0.468 e. The van der Waals surface area contributed by atoms with Crippen molar-refractivity contribution in [2.45, 2.75) is 16.7 Å². The van der Waals surface area contributed by atoms with E-state index in [4.69, 9.17) is 5.73 Å². The van der Waals surface area contributed by atoms with Crippen LogP contribution in [0, 0.1) is 0 Å². The number of nitrogens with zero attached hydrogens (tertiary/aromatic N) is 1. The number of nitrogens with two attached hydrogens (primary N) is 1. The lowest BCUT2D eigenvalue weighted by Gasteiger charge is -2.12. The third kappa shape index (κ3) is 4.99. The lowest BCUT2D eigenvalue weighted by Crippen LogP contribution is -2.33. The smallest absolute Gasteiger partial charge is 0.323 e. The van der Waals surface area contributed by atoms with Crippen molar-refractivity contribution in [3.63, 3.8) is 0 Å². The van der Waals surface area contributed by atoms with Gasteiger partial charge in [0.1, 0.15) is 6.04 Å². The molecule has 1 rings (SSSR count). The van der Waals surface area contributed by atoms with Gasteiger partial charge in [0.15, 0.2) is 0 Å². The molecule has 0 saturated heterocycles. The molecule has 0 spiro atoms. The Balaban J connectivity index is 2.68. The molecule has 21 heavy (non-hydrogen) atoms. The molecule has 6 nitrogen and oxygen atoms in total. The van der Waals surface area contributed by atoms with Gasteiger partial charge in [-0.15, -0.1) is 0 Å². The summed E-state index contributed by atoms with van der Waals surface area (Å²) in [5.74, 6) is 0.533. The summed E-state index contributed by atoms with van der Waals surface area (Å²) in [6, 6.07) is 6.06. The van der Waals surface area contributed by atoms with Crippen molar-refractivity contribution < 1.29 is 17.9 Å². The molecule has 0 bridgehead atoms. The highest BCUT2D eigenvalue weighted by Gasteiger charge is 2.17. The van der Waals surface area contributed by atoms with Gasteiger partial charge in [0.2, 0.25) is 10.0 Å². The van der Waals surface area contributed by atoms with Crippen LogP contribution >= 0.6 is 11.8 Å². The SMILES string of the molecule is COC(=O)C(N)CSCc1cccc(S(=O)(=O)N(C)C)c1. The van der Waals surface area contributed by atoms with Gasteiger partial charge in [0, 0.05) is 25.6 Å². The number of benzene rings is 1. The van der Waals surface area contributed by atoms with Crippen molar-refractivity contribution >= 4 is 27.8 Å². The second-order valence-electron chi connectivity index (χ2n) is 4.58. The second kappa shape index (κ2) is 7.79. The fraction of sp³-hybridized carbons (Fsp3) is 0.462. The van der Waals surface area contributed by atoms with Gasteiger partial charge in [0.25, 0.3) is 0 Å². The average molecular weight is 332 g/mol. The van der Waals surface area contributed by atoms with Gasteiger partial charge in [-0.05, 0) is 17.7 Å². The number of methoxy groups -OCH3 is 1. The molecule has 8 heteroatoms. The maximum Gasteiger partial charge on any atom is 0.323 e. The summed E-state index contributed by atoms with van der Waals surface area (Å²) >= 11 is 1.45. The zero-order chi connectivity index (χ0) is 16.0. The van der Waals surface area contributed by atoms with E-state index in [9.17, 15) is 13.2 Å². The van der Waals surface area contributed by atoms with E-state index in [1.165, 1.54) is 37.3 Å². The first-order chi connectivity index (χ1) is 9.78. The predicted octanol–water partition coefficient (Wildman–Crippen LogP) is 0.670. The predicted molar refractivity (Wildman–Crippen MR) is 83.5 cm³/mol. The van der Waals surface area contributed by atoms with Crippen LogP contribution in [0.2, 0.25) is 0 Å². The molecule has 2 N–H and O–H groups in total. The van der Waals surface area contributed by atoms with E-state index in [-0.39, 0.29) is 4.90 Å². The van der Waals surface area contributed by atoms with Crippen LogP contribution in [0.25, 0.3) is 0 Å². The Labute approximate surface area is 129 Å². The summed E-state index contributed by atoms with van der Waals surface area (Å²) in [6.45, 7) is 0. The van der Waals surface area contributed by atoms with Gasteiger partial charge in [-0.25, -0.2) is 12.7 Å². The maximum atomic E-state index is 12.0. The van der Waals surface area contributed by atoms with E-state index in [2.05, 4.69) is 4.74 Å². The first kappa shape index (κ1) is 18.0. The highest BCUT2D eigenvalue weighted by atomic mass is 32.2. The second-order valence-corrected chi connectivity index (χ2v) is 7.76. The molecule has 0 aliphatic rings. The van der Waals surface area contributed by atoms with Crippen molar-refractivity contribution in [2.24, 2.45) is 5.73 Å². The summed E-state index contributed by atoms with van der Waals surface area (Å²) in [5.41, 5.74) is 6.49. The molecule has 118 valence electrons. The molecule has 0 heterocycles. The highest BCUT2D eigenvalue weighted by Crippen LogP contribution is 2.19. The van der Waals surface area contributed by atoms with Gasteiger partial charge < -0.3 is 10.5 Å². The summed E-state index contributed by atoms with van der Waals surface area (Å²) in [4.78, 5) is 11.4. The minimum absolute atomic E-state index is 0.253. The lowest BCUT2D eigenvalue weighted by molar-refractivity contribution is -0.141. The molecule has 0 fully saturated rings. The normalized spacial score (nSPS) is 13.2. The summed E-state index contributed by atoms with van der Waals surface area (Å²) in [5, 5.41) is 0. The van der Waals surface area contributed by atoms with Gasteiger partial charge in [0.05, 0.1) is 12.0 Å². The van der Waals surface area contributed by atoms with Crippen LogP contribution in [0.3, 0.4) is 0 Å². The number of carbonyl (C=O) groups excluding carboxylic acids is 1. The Morgan fingerprint density at radius 3 is 2.67 bits per heavy atom. The third-order valence-corrected chi connectivity index (χ3v) is 5.69. The molecule has 0 aliphatic heterocycles. The van der Waals surface area contributed by atoms with Crippen LogP contribution in [0.1, 0.15) is 5.56 Å². The number of rotatable bonds is 7. The summed E-state index contributed by atoms with van der Waals surface area (Å²) in [6.07, 6.45) is 0. The number of thioether (sulfide) groups is 1. The van der Waals surface area contributed by atoms with Crippen molar-refractivity contribution in [3.05, 3.63) is 29.8 Å². The number of hydrogen-bond acceptors (Lipinski definition) is 6. The number of ether oxygens (including phenoxy) is 1. The molecular formula is C13H20N2O4S2. The van der Waals surface area contributed by atoms with E-state index in [1.807, 2.05) is 6.07 Å². The Hall–Kier alpha value is -1.09. The first-order valence-electron chi connectivity index (χ1n) is 6.21. The fourth-order valence-electron chi connectivity index (χ4n) is 1.53. The first-order valence-corrected chi connectivity index (χ1v) is 8.81. The quantitative estimate of drug-likeness (QED) is 0.738. The molecule has 1 aromatic rings. The monoisotopic (exact) mass is 332 g/mol. The van der Waals surface area contributed by atoms with E-state index >= 15 is 0 Å². The summed E-state index contributed by atoms with van der Waals surface area (Å²) in [7, 11) is 0.846. The van der Waals surface area contributed by atoms with E-state index < -0.39 is 22.0 Å². The van der Waals surface area contributed by atoms with Crippen molar-refractivity contribution in [1.82, 2.24) is 4.31 Å². The lowest BCUT2D eigenvalue weighted by atomic mass is 10.2. The Morgan fingerprint density at radius 1 is 1.43 bits per heavy atom. The van der Waals surface area contributed by atoms with Gasteiger partial charge in [-0.2, -0.15) is 11.8 Å². The molecule has 0 saturated carbocycles. The largest absolute Gasteiger partial charge is 0.468 e. The van der Waals surface area contributed by atoms with Crippen LogP contribution in [-0.4, -0.2) is 51.7 Å². The highest BCUT2D eigenvalue weighted by molar-refractivity contribution is 7.98. The van der Waals surface area contributed by atoms with Crippen LogP contribution in [0.4, 0.5) is 0 Å². The van der Waals surface area contributed by atoms with Gasteiger partial charge >= 0.3 is 5.97 Å². The van der Waals surface area contributed by atoms with E-state index in [0.717, 1.165) is 5.56 Å². The molecular weight excluding hydrogens is 312 g/mol. The molecule has 0 aliphatic carbocycles. The third-order valence-electron chi connectivity index (χ3n) is 2.75. The molecule has 0 radical (unpaired) electrons. The molecule has 0 amide bonds. The van der Waals surface area contributed by atoms with Crippen molar-refractivity contribution in [3.8, 4) is 0 Å². The molecule has 1 unspecified atom stereocenters. The van der Waals surface area contributed by atoms with E-state index in [0.29, 0.717) is 11.5 Å². The zero-order valence-electron chi connectivity index (χ0n) is 12.3. The van der Waals surface area contributed by atoms with Crippen LogP contribution in [0.15, 0.2) is 29.2 Å². The molecule has 0 aromatic heterocycles. The van der Waals surface area contributed by atoms with Crippen molar-refractivity contribution in [1.29, 1.82) is 0 Å². The number of carbonyl (C=O) groups is 1. The van der Waals surface area contributed by atoms with Crippen LogP contribution in [-0.2, 0) is 25.3 Å². The maximum absolute atomic E-state index is 12.0. The van der Waals surface area contributed by atoms with Crippen LogP contribution in [0.5, 0.6) is 0 Å². The van der Waals surface area contributed by atoms with E-state index in [1.54, 1.807) is 18.2 Å². The number of esters is 1. The Morgan fingerprint density at radius 2 is 2.10 bits per heavy atom. The Bertz CT molecular complexity index is 588. The van der Waals surface area contributed by atoms with Gasteiger partial charge in [-0.3, -0.25) is 4.79 Å². The number of sulfonamides is 1. The summed E-state index contributed by atoms with van der Waals surface area (Å²) < 4.78 is 29.8. The molecule has 1 aromatic carbocycles. The van der Waals surface area contributed by atoms with Crippen LogP contribution < -0.4 is 5.73 Å². The number of hydrogen-bond donors (Lipinski definition) is 1. The standard InChI is InChI=1S/C13H20N2O4S2/c1-15(2)21(17,18)11-6-4-5-10(7-11)8-20-9-12(14)13(16)19-3/h4-7,12H,8-9,14H2,1-3H3. The fourth-order valence-corrected chi connectivity index (χ4v) is 3.43. The molecule has 1 atom stereocenters. The van der Waals surface area contributed by atoms with Crippen molar-refractivity contribution in [2.75, 3.05) is 27.0 Å². The van der Waals surface area contributed by atoms with Gasteiger partial charge in [-0.1, -0.05) is 12.1 Å². The topological polar surface area (TPSA) is 89.7 Å². The Kier molecular flexibility index (Phi) is 6.66. The zero-order valence-corrected chi connectivity index (χ0v) is 13.9. The minimum atomic E-state index is -3.43. The average Bonchev–Trinajstić information content (AvgIpc) is 2.46.